The van der Waals surface area contributed by atoms with Gasteiger partial charge in [-0.3, -0.25) is 9.69 Å². The average Bonchev–Trinajstić information content (AvgIpc) is 3.22. The van der Waals surface area contributed by atoms with E-state index in [1.165, 1.54) is 0 Å². The third kappa shape index (κ3) is 6.22. The quantitative estimate of drug-likeness (QED) is 0.432. The van der Waals surface area contributed by atoms with Crippen molar-refractivity contribution in [2.24, 2.45) is 0 Å². The van der Waals surface area contributed by atoms with Crippen molar-refractivity contribution in [1.82, 2.24) is 9.88 Å². The van der Waals surface area contributed by atoms with Crippen LogP contribution in [0.4, 0.5) is 5.69 Å². The minimum absolute atomic E-state index is 0.0456. The lowest BCUT2D eigenvalue weighted by atomic mass is 10.2. The number of thioether (sulfide) groups is 1. The Balaban J connectivity index is 1.61. The first-order chi connectivity index (χ1) is 15.0. The number of para-hydroxylation sites is 1. The van der Waals surface area contributed by atoms with Gasteiger partial charge in [-0.25, -0.2) is 4.98 Å². The first-order valence-corrected chi connectivity index (χ1v) is 12.0. The fourth-order valence-electron chi connectivity index (χ4n) is 3.10. The van der Waals surface area contributed by atoms with Crippen LogP contribution in [-0.2, 0) is 11.3 Å². The van der Waals surface area contributed by atoms with Crippen LogP contribution in [0.5, 0.6) is 11.5 Å². The number of thiazole rings is 1. The van der Waals surface area contributed by atoms with Gasteiger partial charge in [0.2, 0.25) is 5.91 Å². The standard InChI is InChI=1S/C23H27N3O3S2/c1-5-29-19-11-10-16(12-20(19)28-3)23-24-17(15-31-23)13-26(2)14-22(27)25-18-8-6-7-9-21(18)30-4/h6-12,15H,5,13-14H2,1-4H3,(H,25,27). The molecule has 0 bridgehead atoms. The monoisotopic (exact) mass is 457 g/mol. The maximum Gasteiger partial charge on any atom is 0.238 e. The highest BCUT2D eigenvalue weighted by molar-refractivity contribution is 7.98. The topological polar surface area (TPSA) is 63.7 Å². The molecular weight excluding hydrogens is 430 g/mol. The highest BCUT2D eigenvalue weighted by atomic mass is 32.2. The van der Waals surface area contributed by atoms with Crippen LogP contribution in [0.2, 0.25) is 0 Å². The van der Waals surface area contributed by atoms with Gasteiger partial charge in [0.15, 0.2) is 11.5 Å². The molecule has 6 nitrogen and oxygen atoms in total. The molecule has 0 radical (unpaired) electrons. The molecule has 0 aliphatic rings. The lowest BCUT2D eigenvalue weighted by Crippen LogP contribution is -2.30. The Labute approximate surface area is 191 Å². The Bertz CT molecular complexity index is 1020. The van der Waals surface area contributed by atoms with Crippen molar-refractivity contribution in [3.8, 4) is 22.1 Å². The van der Waals surface area contributed by atoms with Crippen molar-refractivity contribution >= 4 is 34.7 Å². The molecule has 0 spiro atoms. The van der Waals surface area contributed by atoms with Crippen molar-refractivity contribution in [3.05, 3.63) is 53.5 Å². The van der Waals surface area contributed by atoms with Gasteiger partial charge in [0.25, 0.3) is 0 Å². The number of hydrogen-bond acceptors (Lipinski definition) is 7. The van der Waals surface area contributed by atoms with Gasteiger partial charge in [0.1, 0.15) is 5.01 Å². The number of anilines is 1. The lowest BCUT2D eigenvalue weighted by molar-refractivity contribution is -0.117. The zero-order valence-electron chi connectivity index (χ0n) is 18.2. The van der Waals surface area contributed by atoms with E-state index < -0.39 is 0 Å². The summed E-state index contributed by atoms with van der Waals surface area (Å²) in [6.45, 7) is 3.40. The summed E-state index contributed by atoms with van der Waals surface area (Å²) in [4.78, 5) is 20.2. The van der Waals surface area contributed by atoms with Gasteiger partial charge >= 0.3 is 0 Å². The molecule has 3 aromatic rings. The van der Waals surface area contributed by atoms with Gasteiger partial charge in [-0.15, -0.1) is 23.1 Å². The van der Waals surface area contributed by atoms with Gasteiger partial charge < -0.3 is 14.8 Å². The summed E-state index contributed by atoms with van der Waals surface area (Å²) in [5, 5.41) is 5.92. The maximum atomic E-state index is 12.5. The number of carbonyl (C=O) groups is 1. The molecule has 3 rings (SSSR count). The van der Waals surface area contributed by atoms with Crippen molar-refractivity contribution in [2.45, 2.75) is 18.4 Å². The van der Waals surface area contributed by atoms with E-state index in [0.717, 1.165) is 32.6 Å². The summed E-state index contributed by atoms with van der Waals surface area (Å²) in [6.07, 6.45) is 2.00. The molecular formula is C23H27N3O3S2. The smallest absolute Gasteiger partial charge is 0.238 e. The molecule has 1 amide bonds. The van der Waals surface area contributed by atoms with E-state index in [0.29, 0.717) is 18.9 Å². The molecule has 1 N–H and O–H groups in total. The van der Waals surface area contributed by atoms with Gasteiger partial charge in [0, 0.05) is 22.4 Å². The summed E-state index contributed by atoms with van der Waals surface area (Å²) in [5.74, 6) is 1.37. The lowest BCUT2D eigenvalue weighted by Gasteiger charge is -2.16. The van der Waals surface area contributed by atoms with E-state index in [1.54, 1.807) is 30.2 Å². The van der Waals surface area contributed by atoms with Crippen LogP contribution in [0.25, 0.3) is 10.6 Å². The second kappa shape index (κ2) is 11.2. The second-order valence-electron chi connectivity index (χ2n) is 6.86. The van der Waals surface area contributed by atoms with Crippen LogP contribution in [-0.4, -0.2) is 49.4 Å². The number of carbonyl (C=O) groups excluding carboxylic acids is 1. The number of likely N-dealkylation sites (N-methyl/N-ethyl adjacent to an activating group) is 1. The van der Waals surface area contributed by atoms with Gasteiger partial charge in [-0.1, -0.05) is 12.1 Å². The Morgan fingerprint density at radius 2 is 2.03 bits per heavy atom. The highest BCUT2D eigenvalue weighted by Crippen LogP contribution is 2.34. The van der Waals surface area contributed by atoms with Crippen molar-refractivity contribution < 1.29 is 14.3 Å². The number of amides is 1. The fourth-order valence-corrected chi connectivity index (χ4v) is 4.46. The molecule has 1 heterocycles. The minimum Gasteiger partial charge on any atom is -0.493 e. The molecule has 1 aromatic heterocycles. The Morgan fingerprint density at radius 1 is 1.23 bits per heavy atom. The number of methoxy groups -OCH3 is 1. The number of nitrogens with one attached hydrogen (secondary N) is 1. The normalized spacial score (nSPS) is 10.9. The first kappa shape index (κ1) is 23.1. The fraction of sp³-hybridized carbons (Fsp3) is 0.304. The number of rotatable bonds is 10. The largest absolute Gasteiger partial charge is 0.493 e. The minimum atomic E-state index is -0.0456. The van der Waals surface area contributed by atoms with Crippen molar-refractivity contribution in [2.75, 3.05) is 38.9 Å². The molecule has 31 heavy (non-hydrogen) atoms. The third-order valence-corrected chi connectivity index (χ3v) is 6.22. The summed E-state index contributed by atoms with van der Waals surface area (Å²) in [5.41, 5.74) is 2.74. The maximum absolute atomic E-state index is 12.5. The summed E-state index contributed by atoms with van der Waals surface area (Å²) >= 11 is 3.18. The van der Waals surface area contributed by atoms with Crippen LogP contribution in [0.1, 0.15) is 12.6 Å². The van der Waals surface area contributed by atoms with Crippen molar-refractivity contribution in [3.63, 3.8) is 0 Å². The van der Waals surface area contributed by atoms with Crippen LogP contribution < -0.4 is 14.8 Å². The van der Waals surface area contributed by atoms with Gasteiger partial charge in [0.05, 0.1) is 31.6 Å². The van der Waals surface area contributed by atoms with Crippen molar-refractivity contribution in [1.29, 1.82) is 0 Å². The summed E-state index contributed by atoms with van der Waals surface area (Å²) in [7, 11) is 3.55. The zero-order valence-corrected chi connectivity index (χ0v) is 19.8. The second-order valence-corrected chi connectivity index (χ2v) is 8.57. The van der Waals surface area contributed by atoms with E-state index in [4.69, 9.17) is 14.5 Å². The molecule has 0 atom stereocenters. The van der Waals surface area contributed by atoms with Crippen LogP contribution in [0, 0.1) is 0 Å². The Hall–Kier alpha value is -2.55. The SMILES string of the molecule is CCOc1ccc(-c2nc(CN(C)CC(=O)Nc3ccccc3SC)cs2)cc1OC. The first-order valence-electron chi connectivity index (χ1n) is 9.91. The highest BCUT2D eigenvalue weighted by Gasteiger charge is 2.13. The van der Waals surface area contributed by atoms with Crippen LogP contribution in [0.3, 0.4) is 0 Å². The summed E-state index contributed by atoms with van der Waals surface area (Å²) in [6, 6.07) is 13.6. The Kier molecular flexibility index (Phi) is 8.34. The van der Waals surface area contributed by atoms with E-state index in [2.05, 4.69) is 5.32 Å². The number of ether oxygens (including phenoxy) is 2. The average molecular weight is 458 g/mol. The molecule has 2 aromatic carbocycles. The van der Waals surface area contributed by atoms with Gasteiger partial charge in [-0.2, -0.15) is 0 Å². The molecule has 0 unspecified atom stereocenters. The third-order valence-electron chi connectivity index (χ3n) is 4.49. The Morgan fingerprint density at radius 3 is 2.77 bits per heavy atom. The number of hydrogen-bond donors (Lipinski definition) is 1. The number of benzene rings is 2. The molecule has 164 valence electrons. The predicted molar refractivity (Wildman–Crippen MR) is 128 cm³/mol. The molecule has 0 fully saturated rings. The molecule has 0 aliphatic carbocycles. The molecule has 0 aliphatic heterocycles. The van der Waals surface area contributed by atoms with Crippen LogP contribution in [0.15, 0.2) is 52.7 Å². The summed E-state index contributed by atoms with van der Waals surface area (Å²) < 4.78 is 11.0. The molecule has 0 saturated heterocycles. The predicted octanol–water partition coefficient (Wildman–Crippen LogP) is 5.01. The zero-order chi connectivity index (χ0) is 22.2. The van der Waals surface area contributed by atoms with Gasteiger partial charge in [-0.05, 0) is 50.6 Å². The van der Waals surface area contributed by atoms with Crippen LogP contribution >= 0.6 is 23.1 Å². The van der Waals surface area contributed by atoms with E-state index in [-0.39, 0.29) is 12.5 Å². The number of aromatic nitrogens is 1. The number of nitrogens with zero attached hydrogens (tertiary/aromatic N) is 2. The van der Waals surface area contributed by atoms with E-state index in [9.17, 15) is 4.79 Å². The van der Waals surface area contributed by atoms with E-state index >= 15 is 0 Å². The molecule has 8 heteroatoms. The molecule has 0 saturated carbocycles. The van der Waals surface area contributed by atoms with E-state index in [1.807, 2.05) is 73.0 Å².